The minimum absolute atomic E-state index is 0.0263. The van der Waals surface area contributed by atoms with Crippen molar-refractivity contribution in [2.45, 2.75) is 38.5 Å². The van der Waals surface area contributed by atoms with Gasteiger partial charge in [0.2, 0.25) is 5.95 Å². The Hall–Kier alpha value is -3.22. The number of phenolic OH excluding ortho intramolecular Hbond substituents is 1. The number of hydrogen-bond acceptors (Lipinski definition) is 7. The van der Waals surface area contributed by atoms with E-state index in [2.05, 4.69) is 9.88 Å². The molecule has 3 heterocycles. The molecule has 3 aromatic rings. The molecule has 0 unspecified atom stereocenters. The molecule has 1 aliphatic heterocycles. The van der Waals surface area contributed by atoms with Crippen LogP contribution in [0.4, 0.5) is 11.8 Å². The SMILES string of the molecule is Nc1nc(N2CCCCC2)nc2nc3c(c(-c4ccccc4O)c12)C(=O)CCC3. The van der Waals surface area contributed by atoms with E-state index in [1.165, 1.54) is 6.42 Å². The quantitative estimate of drug-likeness (QED) is 0.691. The summed E-state index contributed by atoms with van der Waals surface area (Å²) in [4.78, 5) is 29.0. The summed E-state index contributed by atoms with van der Waals surface area (Å²) >= 11 is 0. The number of para-hydroxylation sites is 1. The third kappa shape index (κ3) is 2.97. The van der Waals surface area contributed by atoms with Crippen molar-refractivity contribution in [2.24, 2.45) is 0 Å². The Morgan fingerprint density at radius 2 is 1.72 bits per heavy atom. The highest BCUT2D eigenvalue weighted by Crippen LogP contribution is 2.41. The van der Waals surface area contributed by atoms with Crippen LogP contribution in [0.15, 0.2) is 24.3 Å². The van der Waals surface area contributed by atoms with Gasteiger partial charge in [-0.2, -0.15) is 9.97 Å². The Labute approximate surface area is 168 Å². The number of piperidine rings is 1. The van der Waals surface area contributed by atoms with Gasteiger partial charge in [-0.25, -0.2) is 4.98 Å². The molecule has 0 radical (unpaired) electrons. The van der Waals surface area contributed by atoms with Gasteiger partial charge >= 0.3 is 0 Å². The number of nitrogens with zero attached hydrogens (tertiary/aromatic N) is 4. The van der Waals surface area contributed by atoms with E-state index in [1.54, 1.807) is 18.2 Å². The van der Waals surface area contributed by atoms with Gasteiger partial charge in [-0.1, -0.05) is 18.2 Å². The maximum atomic E-state index is 12.8. The Kier molecular flexibility index (Phi) is 4.30. The van der Waals surface area contributed by atoms with E-state index in [9.17, 15) is 9.90 Å². The van der Waals surface area contributed by atoms with Crippen molar-refractivity contribution < 1.29 is 9.90 Å². The third-order valence-corrected chi connectivity index (χ3v) is 5.84. The van der Waals surface area contributed by atoms with Gasteiger partial charge in [0.1, 0.15) is 11.6 Å². The van der Waals surface area contributed by atoms with Gasteiger partial charge in [0.25, 0.3) is 0 Å². The number of anilines is 2. The lowest BCUT2D eigenvalue weighted by Crippen LogP contribution is -2.31. The number of hydrogen-bond donors (Lipinski definition) is 2. The van der Waals surface area contributed by atoms with E-state index in [0.29, 0.717) is 52.3 Å². The molecule has 1 fully saturated rings. The Balaban J connectivity index is 1.82. The first-order valence-electron chi connectivity index (χ1n) is 10.2. The van der Waals surface area contributed by atoms with E-state index in [4.69, 9.17) is 15.7 Å². The molecule has 2 aromatic heterocycles. The largest absolute Gasteiger partial charge is 0.507 e. The molecule has 1 saturated heterocycles. The number of aromatic hydroxyl groups is 1. The average Bonchev–Trinajstić information content (AvgIpc) is 2.73. The second-order valence-electron chi connectivity index (χ2n) is 7.76. The lowest BCUT2D eigenvalue weighted by molar-refractivity contribution is 0.0972. The number of aromatic nitrogens is 3. The number of fused-ring (bicyclic) bond motifs is 2. The van der Waals surface area contributed by atoms with E-state index in [0.717, 1.165) is 38.0 Å². The number of pyridine rings is 1. The minimum Gasteiger partial charge on any atom is -0.507 e. The monoisotopic (exact) mass is 389 g/mol. The van der Waals surface area contributed by atoms with Crippen LogP contribution < -0.4 is 10.6 Å². The van der Waals surface area contributed by atoms with Gasteiger partial charge in [0.15, 0.2) is 11.4 Å². The van der Waals surface area contributed by atoms with Crippen molar-refractivity contribution in [3.63, 3.8) is 0 Å². The van der Waals surface area contributed by atoms with Crippen LogP contribution in [0.25, 0.3) is 22.2 Å². The summed E-state index contributed by atoms with van der Waals surface area (Å²) in [5.41, 5.74) is 9.36. The summed E-state index contributed by atoms with van der Waals surface area (Å²) in [6, 6.07) is 7.00. The van der Waals surface area contributed by atoms with Crippen molar-refractivity contribution in [3.05, 3.63) is 35.5 Å². The van der Waals surface area contributed by atoms with E-state index in [1.807, 2.05) is 6.07 Å². The zero-order chi connectivity index (χ0) is 20.0. The zero-order valence-electron chi connectivity index (χ0n) is 16.2. The van der Waals surface area contributed by atoms with Crippen LogP contribution in [-0.2, 0) is 6.42 Å². The van der Waals surface area contributed by atoms with E-state index < -0.39 is 0 Å². The number of rotatable bonds is 2. The molecule has 0 spiro atoms. The highest BCUT2D eigenvalue weighted by Gasteiger charge is 2.29. The average molecular weight is 389 g/mol. The molecule has 0 bridgehead atoms. The van der Waals surface area contributed by atoms with Crippen LogP contribution in [0, 0.1) is 0 Å². The van der Waals surface area contributed by atoms with E-state index in [-0.39, 0.29) is 11.5 Å². The van der Waals surface area contributed by atoms with Crippen LogP contribution in [0.5, 0.6) is 5.75 Å². The minimum atomic E-state index is 0.0263. The second kappa shape index (κ2) is 6.99. The summed E-state index contributed by atoms with van der Waals surface area (Å²) in [5.74, 6) is 1.01. The van der Waals surface area contributed by atoms with Gasteiger partial charge in [0, 0.05) is 36.2 Å². The van der Waals surface area contributed by atoms with Crippen molar-refractivity contribution in [1.29, 1.82) is 0 Å². The normalized spacial score (nSPS) is 16.8. The number of nitrogens with two attached hydrogens (primary N) is 1. The molecule has 1 aromatic carbocycles. The fraction of sp³-hybridized carbons (Fsp3) is 0.364. The molecule has 0 amide bonds. The Morgan fingerprint density at radius 1 is 0.931 bits per heavy atom. The van der Waals surface area contributed by atoms with Crippen molar-refractivity contribution in [3.8, 4) is 16.9 Å². The molecular weight excluding hydrogens is 366 g/mol. The molecule has 1 aliphatic carbocycles. The Morgan fingerprint density at radius 3 is 2.52 bits per heavy atom. The van der Waals surface area contributed by atoms with Gasteiger partial charge in [0.05, 0.1) is 11.1 Å². The maximum Gasteiger partial charge on any atom is 0.229 e. The number of Topliss-reactive ketones (excluding diaryl/α,β-unsaturated/α-hetero) is 1. The molecule has 7 nitrogen and oxygen atoms in total. The Bertz CT molecular complexity index is 1120. The number of carbonyl (C=O) groups excluding carboxylic acids is 1. The molecule has 7 heteroatoms. The molecular formula is C22H23N5O2. The third-order valence-electron chi connectivity index (χ3n) is 5.84. The molecule has 0 atom stereocenters. The van der Waals surface area contributed by atoms with Crippen molar-refractivity contribution in [1.82, 2.24) is 15.0 Å². The van der Waals surface area contributed by atoms with Gasteiger partial charge < -0.3 is 15.7 Å². The smallest absolute Gasteiger partial charge is 0.229 e. The van der Waals surface area contributed by atoms with Crippen LogP contribution in [0.1, 0.15) is 48.2 Å². The standard InChI is InChI=1S/C22H23N5O2/c23-20-19-17(13-7-2-3-9-15(13)28)18-14(8-6-10-16(18)29)24-21(19)26-22(25-20)27-11-4-1-5-12-27/h2-3,7,9,28H,1,4-6,8,10-12H2,(H2,23,24,25,26). The number of carbonyl (C=O) groups is 1. The van der Waals surface area contributed by atoms with E-state index >= 15 is 0 Å². The first-order valence-corrected chi connectivity index (χ1v) is 10.2. The predicted octanol–water partition coefficient (Wildman–Crippen LogP) is 3.49. The summed E-state index contributed by atoms with van der Waals surface area (Å²) in [5, 5.41) is 11.1. The molecule has 2 aliphatic rings. The van der Waals surface area contributed by atoms with Gasteiger partial charge in [-0.3, -0.25) is 4.79 Å². The number of aryl methyl sites for hydroxylation is 1. The van der Waals surface area contributed by atoms with Crippen molar-refractivity contribution >= 4 is 28.6 Å². The molecule has 148 valence electrons. The highest BCUT2D eigenvalue weighted by molar-refractivity contribution is 6.13. The van der Waals surface area contributed by atoms with Gasteiger partial charge in [-0.15, -0.1) is 0 Å². The maximum absolute atomic E-state index is 12.8. The van der Waals surface area contributed by atoms with Crippen molar-refractivity contribution in [2.75, 3.05) is 23.7 Å². The number of ketones is 1. The first kappa shape index (κ1) is 17.8. The number of nitrogen functional groups attached to an aromatic ring is 1. The highest BCUT2D eigenvalue weighted by atomic mass is 16.3. The number of benzene rings is 1. The van der Waals surface area contributed by atoms with Gasteiger partial charge in [-0.05, 0) is 38.2 Å². The van der Waals surface area contributed by atoms with Crippen LogP contribution in [0.2, 0.25) is 0 Å². The summed E-state index contributed by atoms with van der Waals surface area (Å²) < 4.78 is 0. The fourth-order valence-electron chi connectivity index (χ4n) is 4.44. The summed E-state index contributed by atoms with van der Waals surface area (Å²) in [6.07, 6.45) is 5.37. The zero-order valence-corrected chi connectivity index (χ0v) is 16.2. The van der Waals surface area contributed by atoms with Crippen LogP contribution in [-0.4, -0.2) is 38.9 Å². The second-order valence-corrected chi connectivity index (χ2v) is 7.76. The predicted molar refractivity (Wildman–Crippen MR) is 112 cm³/mol. The molecule has 5 rings (SSSR count). The summed E-state index contributed by atoms with van der Waals surface area (Å²) in [6.45, 7) is 1.81. The lowest BCUT2D eigenvalue weighted by atomic mass is 9.86. The topological polar surface area (TPSA) is 105 Å². The molecule has 0 saturated carbocycles. The van der Waals surface area contributed by atoms with Crippen LogP contribution in [0.3, 0.4) is 0 Å². The lowest BCUT2D eigenvalue weighted by Gasteiger charge is -2.27. The molecule has 3 N–H and O–H groups in total. The molecule has 29 heavy (non-hydrogen) atoms. The fourth-order valence-corrected chi connectivity index (χ4v) is 4.44. The summed E-state index contributed by atoms with van der Waals surface area (Å²) in [7, 11) is 0. The van der Waals surface area contributed by atoms with Crippen LogP contribution >= 0.6 is 0 Å². The number of phenols is 1. The first-order chi connectivity index (χ1) is 14.1.